The molecule has 0 radical (unpaired) electrons. The fourth-order valence-electron chi connectivity index (χ4n) is 5.37. The van der Waals surface area contributed by atoms with Gasteiger partial charge in [0.1, 0.15) is 6.61 Å². The van der Waals surface area contributed by atoms with E-state index in [1.165, 1.54) is 77.0 Å². The van der Waals surface area contributed by atoms with Crippen LogP contribution in [0.5, 0.6) is 0 Å². The molecule has 0 amide bonds. The van der Waals surface area contributed by atoms with Crippen molar-refractivity contribution in [2.75, 3.05) is 26.4 Å². The molecule has 55 heavy (non-hydrogen) atoms. The van der Waals surface area contributed by atoms with Gasteiger partial charge in [-0.3, -0.25) is 18.6 Å². The van der Waals surface area contributed by atoms with Crippen LogP contribution in [0.15, 0.2) is 72.9 Å². The Morgan fingerprint density at radius 2 is 0.982 bits per heavy atom. The maximum absolute atomic E-state index is 12.6. The summed E-state index contributed by atoms with van der Waals surface area (Å²) >= 11 is 0. The van der Waals surface area contributed by atoms with Crippen LogP contribution in [0.3, 0.4) is 0 Å². The highest BCUT2D eigenvalue weighted by atomic mass is 31.2. The van der Waals surface area contributed by atoms with Crippen LogP contribution in [0.25, 0.3) is 0 Å². The number of phosphoric acid groups is 1. The van der Waals surface area contributed by atoms with Crippen LogP contribution >= 0.6 is 7.82 Å². The predicted molar refractivity (Wildman–Crippen MR) is 229 cm³/mol. The Bertz CT molecular complexity index is 1130. The average Bonchev–Trinajstić information content (AvgIpc) is 3.17. The summed E-state index contributed by atoms with van der Waals surface area (Å²) in [6.45, 7) is 3.59. The molecule has 316 valence electrons. The molecule has 0 saturated heterocycles. The van der Waals surface area contributed by atoms with Crippen molar-refractivity contribution in [3.63, 3.8) is 0 Å². The zero-order valence-corrected chi connectivity index (χ0v) is 35.5. The molecule has 0 aliphatic rings. The Morgan fingerprint density at radius 1 is 0.545 bits per heavy atom. The Labute approximate surface area is 335 Å². The van der Waals surface area contributed by atoms with E-state index >= 15 is 0 Å². The number of nitrogens with two attached hydrogens (primary N) is 1. The van der Waals surface area contributed by atoms with Crippen molar-refractivity contribution >= 4 is 19.8 Å². The molecule has 0 aromatic heterocycles. The maximum atomic E-state index is 12.6. The highest BCUT2D eigenvalue weighted by molar-refractivity contribution is 7.47. The summed E-state index contributed by atoms with van der Waals surface area (Å²) in [5.41, 5.74) is 5.34. The average molecular weight is 792 g/mol. The van der Waals surface area contributed by atoms with Gasteiger partial charge in [0.25, 0.3) is 0 Å². The van der Waals surface area contributed by atoms with Gasteiger partial charge in [-0.25, -0.2) is 4.57 Å². The third-order valence-electron chi connectivity index (χ3n) is 8.58. The van der Waals surface area contributed by atoms with Crippen molar-refractivity contribution in [1.82, 2.24) is 0 Å². The quantitative estimate of drug-likeness (QED) is 0.0270. The van der Waals surface area contributed by atoms with E-state index in [0.29, 0.717) is 12.8 Å². The first-order chi connectivity index (χ1) is 26.8. The molecule has 0 fully saturated rings. The molecule has 0 bridgehead atoms. The summed E-state index contributed by atoms with van der Waals surface area (Å²) in [6.07, 6.45) is 49.4. The topological polar surface area (TPSA) is 134 Å². The molecule has 0 aromatic carbocycles. The molecule has 0 aliphatic carbocycles. The van der Waals surface area contributed by atoms with Gasteiger partial charge in [0, 0.05) is 19.4 Å². The van der Waals surface area contributed by atoms with Crippen molar-refractivity contribution in [2.24, 2.45) is 5.73 Å². The molecule has 1 unspecified atom stereocenters. The number of carbonyl (C=O) groups excluding carboxylic acids is 2. The molecule has 3 N–H and O–H groups in total. The van der Waals surface area contributed by atoms with E-state index < -0.39 is 32.5 Å². The van der Waals surface area contributed by atoms with E-state index in [4.69, 9.17) is 24.3 Å². The third-order valence-corrected chi connectivity index (χ3v) is 9.56. The van der Waals surface area contributed by atoms with Gasteiger partial charge >= 0.3 is 19.8 Å². The molecular formula is C45H78NO8P. The van der Waals surface area contributed by atoms with Gasteiger partial charge < -0.3 is 20.1 Å². The number of hydrogen-bond donors (Lipinski definition) is 2. The summed E-state index contributed by atoms with van der Waals surface area (Å²) in [7, 11) is -4.40. The molecule has 0 spiro atoms. The fourth-order valence-corrected chi connectivity index (χ4v) is 6.14. The van der Waals surface area contributed by atoms with Gasteiger partial charge in [-0.05, 0) is 77.0 Å². The highest BCUT2D eigenvalue weighted by Crippen LogP contribution is 2.43. The van der Waals surface area contributed by atoms with Crippen molar-refractivity contribution in [3.05, 3.63) is 72.9 Å². The van der Waals surface area contributed by atoms with E-state index in [0.717, 1.165) is 51.4 Å². The van der Waals surface area contributed by atoms with Crippen LogP contribution < -0.4 is 5.73 Å². The summed E-state index contributed by atoms with van der Waals surface area (Å²) < 4.78 is 32.7. The van der Waals surface area contributed by atoms with Gasteiger partial charge in [0.2, 0.25) is 0 Å². The third kappa shape index (κ3) is 40.9. The van der Waals surface area contributed by atoms with E-state index in [2.05, 4.69) is 74.6 Å². The Kier molecular flexibility index (Phi) is 39.2. The number of ether oxygens (including phenoxy) is 2. The van der Waals surface area contributed by atoms with Gasteiger partial charge in [0.05, 0.1) is 13.2 Å². The lowest BCUT2D eigenvalue weighted by Gasteiger charge is -2.19. The Morgan fingerprint density at radius 3 is 1.53 bits per heavy atom. The molecule has 2 atom stereocenters. The smallest absolute Gasteiger partial charge is 0.462 e. The predicted octanol–water partition coefficient (Wildman–Crippen LogP) is 12.3. The summed E-state index contributed by atoms with van der Waals surface area (Å²) in [5.74, 6) is -0.935. The minimum Gasteiger partial charge on any atom is -0.462 e. The maximum Gasteiger partial charge on any atom is 0.472 e. The first-order valence-electron chi connectivity index (χ1n) is 21.4. The minimum absolute atomic E-state index is 0.0402. The molecule has 10 heteroatoms. The van der Waals surface area contributed by atoms with E-state index in [9.17, 15) is 19.0 Å². The first-order valence-corrected chi connectivity index (χ1v) is 22.9. The van der Waals surface area contributed by atoms with Crippen molar-refractivity contribution in [3.8, 4) is 0 Å². The molecule has 9 nitrogen and oxygen atoms in total. The van der Waals surface area contributed by atoms with Crippen LogP contribution in [0.4, 0.5) is 0 Å². The van der Waals surface area contributed by atoms with Crippen molar-refractivity contribution in [2.45, 2.75) is 174 Å². The number of carbonyl (C=O) groups is 2. The SMILES string of the molecule is CCCCC/C=C/C/C=C/C/C=C/C/C=C/C/C=C/CCC(=O)OC[C@H](COP(=O)(O)OCCN)OC(=O)CCCCCCCCC/C=C/CCCCCC. The standard InChI is InChI=1S/C45H78NO8P/c1-3-5-7-9-11-13-15-17-19-20-21-22-24-25-27-29-31-33-35-37-44(47)51-41-43(42-53-55(49,50)52-40-39-46)54-45(48)38-36-34-32-30-28-26-23-18-16-14-12-10-8-6-4-2/h11,13-14,16-17,19,21-22,25,27,31,33,43H,3-10,12,15,18,20,23-24,26,28-30,32,34-42,46H2,1-2H3,(H,49,50)/b13-11+,16-14+,19-17+,22-21+,27-25+,33-31+/t43-/m1/s1. The molecule has 0 aromatic rings. The van der Waals surface area contributed by atoms with Crippen molar-refractivity contribution < 1.29 is 37.6 Å². The minimum atomic E-state index is -4.40. The summed E-state index contributed by atoms with van der Waals surface area (Å²) in [4.78, 5) is 34.8. The monoisotopic (exact) mass is 792 g/mol. The van der Waals surface area contributed by atoms with Crippen LogP contribution in [0, 0.1) is 0 Å². The van der Waals surface area contributed by atoms with Gasteiger partial charge in [-0.15, -0.1) is 0 Å². The van der Waals surface area contributed by atoms with Crippen LogP contribution in [0.1, 0.15) is 168 Å². The van der Waals surface area contributed by atoms with Crippen molar-refractivity contribution in [1.29, 1.82) is 0 Å². The molecule has 0 saturated carbocycles. The number of phosphoric ester groups is 1. The zero-order valence-electron chi connectivity index (χ0n) is 34.6. The lowest BCUT2D eigenvalue weighted by atomic mass is 10.1. The van der Waals surface area contributed by atoms with Crippen LogP contribution in [0.2, 0.25) is 0 Å². The Hall–Kier alpha value is -2.55. The Balaban J connectivity index is 4.30. The molecular weight excluding hydrogens is 713 g/mol. The lowest BCUT2D eigenvalue weighted by molar-refractivity contribution is -0.161. The number of hydrogen-bond acceptors (Lipinski definition) is 8. The number of rotatable bonds is 39. The molecule has 0 heterocycles. The molecule has 0 rings (SSSR count). The normalized spacial score (nSPS) is 14.0. The second-order valence-corrected chi connectivity index (χ2v) is 15.3. The second-order valence-electron chi connectivity index (χ2n) is 13.8. The van der Waals surface area contributed by atoms with Gasteiger partial charge in [-0.1, -0.05) is 151 Å². The lowest BCUT2D eigenvalue weighted by Crippen LogP contribution is -2.29. The summed E-state index contributed by atoms with van der Waals surface area (Å²) in [5, 5.41) is 0. The molecule has 0 aliphatic heterocycles. The fraction of sp³-hybridized carbons (Fsp3) is 0.689. The first kappa shape index (κ1) is 52.5. The van der Waals surface area contributed by atoms with Crippen LogP contribution in [-0.4, -0.2) is 49.3 Å². The van der Waals surface area contributed by atoms with E-state index in [1.54, 1.807) is 0 Å². The van der Waals surface area contributed by atoms with Crippen LogP contribution in [-0.2, 0) is 32.7 Å². The zero-order chi connectivity index (χ0) is 40.3. The number of esters is 2. The number of allylic oxidation sites excluding steroid dienone is 12. The largest absolute Gasteiger partial charge is 0.472 e. The van der Waals surface area contributed by atoms with Gasteiger partial charge in [-0.2, -0.15) is 0 Å². The summed E-state index contributed by atoms with van der Waals surface area (Å²) in [6, 6.07) is 0. The number of unbranched alkanes of at least 4 members (excludes halogenated alkanes) is 14. The highest BCUT2D eigenvalue weighted by Gasteiger charge is 2.25. The van der Waals surface area contributed by atoms with E-state index in [-0.39, 0.29) is 32.6 Å². The second kappa shape index (κ2) is 41.1. The van der Waals surface area contributed by atoms with Gasteiger partial charge in [0.15, 0.2) is 6.10 Å². The van der Waals surface area contributed by atoms with E-state index in [1.807, 2.05) is 12.2 Å².